The van der Waals surface area contributed by atoms with E-state index in [0.29, 0.717) is 17.7 Å². The van der Waals surface area contributed by atoms with Crippen molar-refractivity contribution in [3.05, 3.63) is 65.4 Å². The van der Waals surface area contributed by atoms with Gasteiger partial charge >= 0.3 is 5.97 Å². The standard InChI is InChI=1S/C22H23NO4S/c1-3-28-12-11-27-18-9-7-16(8-10-18)22(26)23-15(2)13-19-17(14-21(24)25)5-4-6-20(19)23/h4-10,13H,3,11-12,14H2,1-2H3,(H,24,25). The van der Waals surface area contributed by atoms with Gasteiger partial charge in [0.1, 0.15) is 5.75 Å². The topological polar surface area (TPSA) is 68.5 Å². The number of rotatable bonds is 8. The summed E-state index contributed by atoms with van der Waals surface area (Å²) in [4.78, 5) is 24.2. The molecule has 0 amide bonds. The molecule has 0 aliphatic carbocycles. The molecule has 1 aromatic heterocycles. The summed E-state index contributed by atoms with van der Waals surface area (Å²) < 4.78 is 7.32. The Kier molecular flexibility index (Phi) is 6.41. The minimum atomic E-state index is -0.892. The molecule has 0 bridgehead atoms. The van der Waals surface area contributed by atoms with E-state index in [1.54, 1.807) is 41.0 Å². The van der Waals surface area contributed by atoms with E-state index in [1.165, 1.54) is 0 Å². The summed E-state index contributed by atoms with van der Waals surface area (Å²) in [5.41, 5.74) is 2.75. The summed E-state index contributed by atoms with van der Waals surface area (Å²) in [6, 6.07) is 14.4. The maximum absolute atomic E-state index is 13.1. The van der Waals surface area contributed by atoms with Crippen LogP contribution < -0.4 is 4.74 Å². The number of ether oxygens (including phenoxy) is 1. The predicted molar refractivity (Wildman–Crippen MR) is 113 cm³/mol. The highest BCUT2D eigenvalue weighted by molar-refractivity contribution is 7.99. The van der Waals surface area contributed by atoms with Crippen LogP contribution in [-0.2, 0) is 11.2 Å². The van der Waals surface area contributed by atoms with Crippen molar-refractivity contribution in [2.45, 2.75) is 20.3 Å². The van der Waals surface area contributed by atoms with Crippen LogP contribution in [0.3, 0.4) is 0 Å². The van der Waals surface area contributed by atoms with E-state index in [2.05, 4.69) is 6.92 Å². The number of nitrogens with zero attached hydrogens (tertiary/aromatic N) is 1. The number of aromatic nitrogens is 1. The minimum Gasteiger partial charge on any atom is -0.493 e. The summed E-state index contributed by atoms with van der Waals surface area (Å²) in [5.74, 6) is 1.70. The quantitative estimate of drug-likeness (QED) is 0.571. The zero-order valence-corrected chi connectivity index (χ0v) is 16.8. The van der Waals surface area contributed by atoms with E-state index in [0.717, 1.165) is 33.9 Å². The first-order valence-corrected chi connectivity index (χ1v) is 10.3. The Morgan fingerprint density at radius 2 is 1.89 bits per heavy atom. The van der Waals surface area contributed by atoms with Gasteiger partial charge in [-0.25, -0.2) is 0 Å². The first-order chi connectivity index (χ1) is 13.5. The van der Waals surface area contributed by atoms with E-state index in [9.17, 15) is 9.59 Å². The molecule has 0 aliphatic heterocycles. The van der Waals surface area contributed by atoms with Crippen molar-refractivity contribution in [1.29, 1.82) is 0 Å². The largest absolute Gasteiger partial charge is 0.493 e. The van der Waals surface area contributed by atoms with Gasteiger partial charge in [0.25, 0.3) is 5.91 Å². The molecule has 0 atom stereocenters. The van der Waals surface area contributed by atoms with Crippen molar-refractivity contribution < 1.29 is 19.4 Å². The minimum absolute atomic E-state index is 0.0721. The molecule has 0 radical (unpaired) electrons. The lowest BCUT2D eigenvalue weighted by atomic mass is 10.1. The Morgan fingerprint density at radius 3 is 2.57 bits per heavy atom. The van der Waals surface area contributed by atoms with Crippen LogP contribution in [0.1, 0.15) is 28.5 Å². The number of aryl methyl sites for hydroxylation is 1. The molecule has 28 heavy (non-hydrogen) atoms. The Morgan fingerprint density at radius 1 is 1.14 bits per heavy atom. The molecule has 1 N–H and O–H groups in total. The Hall–Kier alpha value is -2.73. The van der Waals surface area contributed by atoms with Crippen molar-refractivity contribution in [3.8, 4) is 5.75 Å². The summed E-state index contributed by atoms with van der Waals surface area (Å²) in [6.45, 7) is 4.60. The average molecular weight is 397 g/mol. The highest BCUT2D eigenvalue weighted by Crippen LogP contribution is 2.25. The van der Waals surface area contributed by atoms with Gasteiger partial charge in [-0.2, -0.15) is 11.8 Å². The Bertz CT molecular complexity index is 992. The zero-order chi connectivity index (χ0) is 20.1. The number of aliphatic carboxylic acids is 1. The molecule has 0 unspecified atom stereocenters. The first-order valence-electron chi connectivity index (χ1n) is 9.18. The van der Waals surface area contributed by atoms with Crippen molar-refractivity contribution in [2.75, 3.05) is 18.1 Å². The highest BCUT2D eigenvalue weighted by Gasteiger charge is 2.17. The van der Waals surface area contributed by atoms with Gasteiger partial charge < -0.3 is 9.84 Å². The number of thioether (sulfide) groups is 1. The second kappa shape index (κ2) is 8.97. The third kappa shape index (κ3) is 4.39. The maximum Gasteiger partial charge on any atom is 0.307 e. The van der Waals surface area contributed by atoms with Gasteiger partial charge in [-0.1, -0.05) is 19.1 Å². The molecule has 3 aromatic rings. The lowest BCUT2D eigenvalue weighted by Gasteiger charge is -2.09. The van der Waals surface area contributed by atoms with Crippen LogP contribution in [-0.4, -0.2) is 39.7 Å². The monoisotopic (exact) mass is 397 g/mol. The van der Waals surface area contributed by atoms with E-state index < -0.39 is 5.97 Å². The van der Waals surface area contributed by atoms with E-state index in [-0.39, 0.29) is 12.3 Å². The van der Waals surface area contributed by atoms with E-state index in [1.807, 2.05) is 30.8 Å². The molecule has 0 saturated carbocycles. The van der Waals surface area contributed by atoms with Crippen LogP contribution in [0.25, 0.3) is 10.9 Å². The van der Waals surface area contributed by atoms with Gasteiger partial charge in [0.2, 0.25) is 0 Å². The lowest BCUT2D eigenvalue weighted by Crippen LogP contribution is -2.13. The number of carbonyl (C=O) groups is 2. The van der Waals surface area contributed by atoms with Gasteiger partial charge in [0.05, 0.1) is 18.5 Å². The first kappa shape index (κ1) is 20.0. The second-order valence-electron chi connectivity index (χ2n) is 6.42. The van der Waals surface area contributed by atoms with Gasteiger partial charge in [0.15, 0.2) is 0 Å². The molecule has 146 valence electrons. The molecular weight excluding hydrogens is 374 g/mol. The zero-order valence-electron chi connectivity index (χ0n) is 16.0. The maximum atomic E-state index is 13.1. The number of carbonyl (C=O) groups excluding carboxylic acids is 1. The summed E-state index contributed by atoms with van der Waals surface area (Å²) in [5, 5.41) is 9.92. The normalized spacial score (nSPS) is 10.9. The third-order valence-corrected chi connectivity index (χ3v) is 5.33. The molecule has 0 saturated heterocycles. The third-order valence-electron chi connectivity index (χ3n) is 4.47. The molecule has 0 fully saturated rings. The van der Waals surface area contributed by atoms with Crippen molar-refractivity contribution in [1.82, 2.24) is 4.57 Å². The van der Waals surface area contributed by atoms with Crippen LogP contribution in [0, 0.1) is 6.92 Å². The molecule has 6 heteroatoms. The van der Waals surface area contributed by atoms with E-state index >= 15 is 0 Å². The predicted octanol–water partition coefficient (Wildman–Crippen LogP) is 4.40. The van der Waals surface area contributed by atoms with Crippen molar-refractivity contribution >= 4 is 34.5 Å². The number of hydrogen-bond acceptors (Lipinski definition) is 4. The fourth-order valence-corrected chi connectivity index (χ4v) is 3.69. The van der Waals surface area contributed by atoms with Crippen LogP contribution >= 0.6 is 11.8 Å². The molecule has 0 aliphatic rings. The van der Waals surface area contributed by atoms with Crippen LogP contribution in [0.15, 0.2) is 48.5 Å². The van der Waals surface area contributed by atoms with Crippen LogP contribution in [0.4, 0.5) is 0 Å². The van der Waals surface area contributed by atoms with E-state index in [4.69, 9.17) is 9.84 Å². The lowest BCUT2D eigenvalue weighted by molar-refractivity contribution is -0.136. The summed E-state index contributed by atoms with van der Waals surface area (Å²) in [6.07, 6.45) is -0.0721. The summed E-state index contributed by atoms with van der Waals surface area (Å²) >= 11 is 1.82. The van der Waals surface area contributed by atoms with Crippen LogP contribution in [0.2, 0.25) is 0 Å². The van der Waals surface area contributed by atoms with Crippen molar-refractivity contribution in [3.63, 3.8) is 0 Å². The summed E-state index contributed by atoms with van der Waals surface area (Å²) in [7, 11) is 0. The molecular formula is C22H23NO4S. The smallest absolute Gasteiger partial charge is 0.307 e. The number of hydrogen-bond donors (Lipinski definition) is 1. The number of carboxylic acids is 1. The molecule has 5 nitrogen and oxygen atoms in total. The average Bonchev–Trinajstić information content (AvgIpc) is 3.02. The Labute approximate surface area is 168 Å². The van der Waals surface area contributed by atoms with Gasteiger partial charge in [-0.3, -0.25) is 14.2 Å². The number of fused-ring (bicyclic) bond motifs is 1. The Balaban J connectivity index is 1.85. The second-order valence-corrected chi connectivity index (χ2v) is 7.81. The SMILES string of the molecule is CCSCCOc1ccc(C(=O)n2c(C)cc3c(CC(=O)O)cccc32)cc1. The highest BCUT2D eigenvalue weighted by atomic mass is 32.2. The molecule has 0 spiro atoms. The number of benzene rings is 2. The number of carboxylic acid groups (broad SMARTS) is 1. The fourth-order valence-electron chi connectivity index (χ4n) is 3.20. The van der Waals surface area contributed by atoms with Gasteiger partial charge in [-0.05, 0) is 54.6 Å². The van der Waals surface area contributed by atoms with Gasteiger partial charge in [0, 0.05) is 22.4 Å². The van der Waals surface area contributed by atoms with Gasteiger partial charge in [-0.15, -0.1) is 0 Å². The fraction of sp³-hybridized carbons (Fsp3) is 0.273. The van der Waals surface area contributed by atoms with Crippen LogP contribution in [0.5, 0.6) is 5.75 Å². The van der Waals surface area contributed by atoms with Crippen molar-refractivity contribution in [2.24, 2.45) is 0 Å². The molecule has 3 rings (SSSR count). The molecule has 2 aromatic carbocycles. The molecule has 1 heterocycles.